The van der Waals surface area contributed by atoms with Gasteiger partial charge in [0.2, 0.25) is 0 Å². The van der Waals surface area contributed by atoms with Crippen molar-refractivity contribution in [3.63, 3.8) is 0 Å². The number of likely N-dealkylation sites (tertiary alicyclic amines) is 1. The van der Waals surface area contributed by atoms with Crippen LogP contribution >= 0.6 is 0 Å². The molecule has 5 heteroatoms. The van der Waals surface area contributed by atoms with Crippen LogP contribution < -0.4 is 9.64 Å². The van der Waals surface area contributed by atoms with E-state index in [1.165, 1.54) is 23.4 Å². The maximum absolute atomic E-state index is 13.0. The van der Waals surface area contributed by atoms with Crippen LogP contribution in [0.25, 0.3) is 0 Å². The Hall–Kier alpha value is -2.40. The van der Waals surface area contributed by atoms with Gasteiger partial charge in [-0.2, -0.15) is 0 Å². The number of hydrogen-bond acceptors (Lipinski definition) is 4. The molecule has 0 aromatic heterocycles. The van der Waals surface area contributed by atoms with E-state index in [1.54, 1.807) is 12.1 Å². The Kier molecular flexibility index (Phi) is 5.00. The lowest BCUT2D eigenvalue weighted by atomic mass is 9.88. The van der Waals surface area contributed by atoms with Crippen molar-refractivity contribution in [3.8, 4) is 5.75 Å². The molecule has 0 spiro atoms. The number of hydrogen-bond donors (Lipinski definition) is 0. The SMILES string of the molecule is O=C(CCCN1CCC2C(C1)c1cccc3c1N2CCCO3)c1ccc(F)cc1. The third-order valence-corrected chi connectivity index (χ3v) is 6.62. The summed E-state index contributed by atoms with van der Waals surface area (Å²) in [5.41, 5.74) is 3.36. The van der Waals surface area contributed by atoms with E-state index in [0.29, 0.717) is 23.9 Å². The molecule has 152 valence electrons. The summed E-state index contributed by atoms with van der Waals surface area (Å²) in [4.78, 5) is 17.4. The molecule has 0 radical (unpaired) electrons. The summed E-state index contributed by atoms with van der Waals surface area (Å²) in [6.07, 6.45) is 3.58. The molecule has 5 rings (SSSR count). The number of halogens is 1. The van der Waals surface area contributed by atoms with Gasteiger partial charge >= 0.3 is 0 Å². The lowest BCUT2D eigenvalue weighted by Crippen LogP contribution is -2.46. The zero-order valence-electron chi connectivity index (χ0n) is 16.6. The summed E-state index contributed by atoms with van der Waals surface area (Å²) in [5, 5.41) is 0. The van der Waals surface area contributed by atoms with Gasteiger partial charge in [0.15, 0.2) is 5.78 Å². The molecule has 0 amide bonds. The van der Waals surface area contributed by atoms with Gasteiger partial charge in [-0.25, -0.2) is 4.39 Å². The highest BCUT2D eigenvalue weighted by atomic mass is 19.1. The fourth-order valence-corrected chi connectivity index (χ4v) is 5.26. The average Bonchev–Trinajstić information content (AvgIpc) is 2.89. The molecule has 2 aromatic rings. The number of ether oxygens (including phenoxy) is 1. The molecule has 3 heterocycles. The number of piperidine rings is 1. The highest BCUT2D eigenvalue weighted by Crippen LogP contribution is 2.49. The Balaban J connectivity index is 1.22. The normalized spacial score (nSPS) is 23.1. The third-order valence-electron chi connectivity index (χ3n) is 6.62. The van der Waals surface area contributed by atoms with Crippen molar-refractivity contribution in [1.29, 1.82) is 0 Å². The number of carbonyl (C=O) groups is 1. The highest BCUT2D eigenvalue weighted by Gasteiger charge is 2.43. The molecule has 1 saturated heterocycles. The first kappa shape index (κ1) is 18.6. The van der Waals surface area contributed by atoms with Gasteiger partial charge in [0.05, 0.1) is 12.3 Å². The van der Waals surface area contributed by atoms with Crippen molar-refractivity contribution in [2.75, 3.05) is 37.7 Å². The third kappa shape index (κ3) is 3.52. The standard InChI is InChI=1S/C24H27FN2O2/c25-18-9-7-17(8-10-18)22(28)5-2-12-26-14-11-21-20(16-26)19-4-1-6-23-24(19)27(21)13-3-15-29-23/h1,4,6-10,20-21H,2-3,5,11-16H2. The fourth-order valence-electron chi connectivity index (χ4n) is 5.26. The average molecular weight is 394 g/mol. The van der Waals surface area contributed by atoms with Gasteiger partial charge in [-0.05, 0) is 61.7 Å². The molecule has 0 N–H and O–H groups in total. The summed E-state index contributed by atoms with van der Waals surface area (Å²) in [5.74, 6) is 1.36. The first-order valence-electron chi connectivity index (χ1n) is 10.7. The van der Waals surface area contributed by atoms with Crippen LogP contribution in [-0.2, 0) is 0 Å². The van der Waals surface area contributed by atoms with Crippen LogP contribution in [0, 0.1) is 5.82 Å². The monoisotopic (exact) mass is 394 g/mol. The van der Waals surface area contributed by atoms with E-state index in [1.807, 2.05) is 0 Å². The predicted molar refractivity (Wildman–Crippen MR) is 111 cm³/mol. The van der Waals surface area contributed by atoms with E-state index in [4.69, 9.17) is 4.74 Å². The molecule has 2 aromatic carbocycles. The summed E-state index contributed by atoms with van der Waals surface area (Å²) in [7, 11) is 0. The molecule has 3 aliphatic heterocycles. The predicted octanol–water partition coefficient (Wildman–Crippen LogP) is 4.25. The van der Waals surface area contributed by atoms with Crippen molar-refractivity contribution in [2.45, 2.75) is 37.6 Å². The second kappa shape index (κ2) is 7.79. The number of benzene rings is 2. The summed E-state index contributed by atoms with van der Waals surface area (Å²) < 4.78 is 19.0. The lowest BCUT2D eigenvalue weighted by molar-refractivity contribution is 0.0971. The molecule has 0 saturated carbocycles. The van der Waals surface area contributed by atoms with Crippen LogP contribution in [-0.4, -0.2) is 49.5 Å². The Labute approximate surface area is 171 Å². The van der Waals surface area contributed by atoms with Gasteiger partial charge in [-0.1, -0.05) is 12.1 Å². The lowest BCUT2D eigenvalue weighted by Gasteiger charge is -2.38. The van der Waals surface area contributed by atoms with E-state index in [0.717, 1.165) is 57.8 Å². The van der Waals surface area contributed by atoms with Gasteiger partial charge in [0, 0.05) is 43.6 Å². The van der Waals surface area contributed by atoms with Crippen LogP contribution in [0.5, 0.6) is 5.75 Å². The number of rotatable bonds is 5. The van der Waals surface area contributed by atoms with Gasteiger partial charge in [0.25, 0.3) is 0 Å². The zero-order valence-corrected chi connectivity index (χ0v) is 16.6. The number of carbonyl (C=O) groups excluding carboxylic acids is 1. The van der Waals surface area contributed by atoms with E-state index in [2.05, 4.69) is 28.0 Å². The van der Waals surface area contributed by atoms with Crippen molar-refractivity contribution >= 4 is 11.5 Å². The second-order valence-corrected chi connectivity index (χ2v) is 8.39. The van der Waals surface area contributed by atoms with E-state index in [9.17, 15) is 9.18 Å². The van der Waals surface area contributed by atoms with E-state index in [-0.39, 0.29) is 11.6 Å². The smallest absolute Gasteiger partial charge is 0.162 e. The molecular formula is C24H27FN2O2. The summed E-state index contributed by atoms with van der Waals surface area (Å²) >= 11 is 0. The Morgan fingerprint density at radius 3 is 2.86 bits per heavy atom. The minimum absolute atomic E-state index is 0.0983. The van der Waals surface area contributed by atoms with Crippen molar-refractivity contribution in [3.05, 3.63) is 59.4 Å². The Bertz CT molecular complexity index is 898. The number of ketones is 1. The van der Waals surface area contributed by atoms with Crippen LogP contribution in [0.15, 0.2) is 42.5 Å². The molecule has 0 bridgehead atoms. The van der Waals surface area contributed by atoms with Crippen LogP contribution in [0.1, 0.15) is 47.5 Å². The van der Waals surface area contributed by atoms with E-state index >= 15 is 0 Å². The quantitative estimate of drug-likeness (QED) is 0.710. The summed E-state index contributed by atoms with van der Waals surface area (Å²) in [6.45, 7) is 4.94. The molecule has 29 heavy (non-hydrogen) atoms. The first-order chi connectivity index (χ1) is 14.2. The largest absolute Gasteiger partial charge is 0.491 e. The fraction of sp³-hybridized carbons (Fsp3) is 0.458. The summed E-state index contributed by atoms with van der Waals surface area (Å²) in [6, 6.07) is 12.9. The number of fused-ring (bicyclic) bond motifs is 3. The molecule has 2 atom stereocenters. The Morgan fingerprint density at radius 2 is 2.00 bits per heavy atom. The van der Waals surface area contributed by atoms with Gasteiger partial charge < -0.3 is 14.5 Å². The van der Waals surface area contributed by atoms with Gasteiger partial charge in [-0.15, -0.1) is 0 Å². The molecule has 0 aliphatic carbocycles. The number of para-hydroxylation sites is 1. The number of anilines is 1. The topological polar surface area (TPSA) is 32.8 Å². The minimum Gasteiger partial charge on any atom is -0.491 e. The Morgan fingerprint density at radius 1 is 1.14 bits per heavy atom. The minimum atomic E-state index is -0.302. The molecule has 3 aliphatic rings. The maximum atomic E-state index is 13.0. The van der Waals surface area contributed by atoms with Gasteiger partial charge in [0.1, 0.15) is 11.6 Å². The van der Waals surface area contributed by atoms with Crippen LogP contribution in [0.2, 0.25) is 0 Å². The van der Waals surface area contributed by atoms with Crippen LogP contribution in [0.4, 0.5) is 10.1 Å². The van der Waals surface area contributed by atoms with E-state index < -0.39 is 0 Å². The molecule has 2 unspecified atom stereocenters. The van der Waals surface area contributed by atoms with Crippen LogP contribution in [0.3, 0.4) is 0 Å². The number of Topliss-reactive ketones (excluding diaryl/α,β-unsaturated/α-hetero) is 1. The molecule has 1 fully saturated rings. The molecular weight excluding hydrogens is 367 g/mol. The number of nitrogens with zero attached hydrogens (tertiary/aromatic N) is 2. The van der Waals surface area contributed by atoms with Crippen molar-refractivity contribution in [1.82, 2.24) is 4.90 Å². The maximum Gasteiger partial charge on any atom is 0.162 e. The highest BCUT2D eigenvalue weighted by molar-refractivity contribution is 5.95. The van der Waals surface area contributed by atoms with Crippen molar-refractivity contribution < 1.29 is 13.9 Å². The molecule has 4 nitrogen and oxygen atoms in total. The zero-order chi connectivity index (χ0) is 19.8. The van der Waals surface area contributed by atoms with Crippen molar-refractivity contribution in [2.24, 2.45) is 0 Å². The van der Waals surface area contributed by atoms with Gasteiger partial charge in [-0.3, -0.25) is 4.79 Å². The second-order valence-electron chi connectivity index (χ2n) is 8.39. The first-order valence-corrected chi connectivity index (χ1v) is 10.7.